The summed E-state index contributed by atoms with van der Waals surface area (Å²) >= 11 is 1.71. The van der Waals surface area contributed by atoms with Gasteiger partial charge in [0, 0.05) is 30.9 Å². The van der Waals surface area contributed by atoms with Gasteiger partial charge in [-0.1, -0.05) is 0 Å². The summed E-state index contributed by atoms with van der Waals surface area (Å²) in [7, 11) is 0. The van der Waals surface area contributed by atoms with Crippen LogP contribution in [0.4, 0.5) is 5.82 Å². The van der Waals surface area contributed by atoms with Crippen molar-refractivity contribution >= 4 is 33.3 Å². The van der Waals surface area contributed by atoms with Crippen molar-refractivity contribution in [2.24, 2.45) is 0 Å². The first-order valence-corrected chi connectivity index (χ1v) is 8.21. The number of rotatable bonds is 5. The molecule has 2 aromatic heterocycles. The van der Waals surface area contributed by atoms with Crippen molar-refractivity contribution in [2.45, 2.75) is 33.1 Å². The Morgan fingerprint density at radius 3 is 3.00 bits per heavy atom. The van der Waals surface area contributed by atoms with Gasteiger partial charge in [-0.2, -0.15) is 0 Å². The van der Waals surface area contributed by atoms with E-state index in [1.165, 1.54) is 10.4 Å². The van der Waals surface area contributed by atoms with Crippen LogP contribution in [0.1, 0.15) is 29.7 Å². The SMILES string of the molecule is Cc1sc2ncnc(NCCCN3CCCC3=O)c2c1C. The van der Waals surface area contributed by atoms with E-state index in [2.05, 4.69) is 29.1 Å². The maximum Gasteiger partial charge on any atom is 0.222 e. The predicted molar refractivity (Wildman–Crippen MR) is 85.8 cm³/mol. The minimum Gasteiger partial charge on any atom is -0.369 e. The first-order chi connectivity index (χ1) is 10.2. The van der Waals surface area contributed by atoms with Gasteiger partial charge in [0.25, 0.3) is 0 Å². The number of nitrogens with one attached hydrogen (secondary N) is 1. The summed E-state index contributed by atoms with van der Waals surface area (Å²) < 4.78 is 0. The van der Waals surface area contributed by atoms with E-state index in [-0.39, 0.29) is 0 Å². The molecule has 112 valence electrons. The van der Waals surface area contributed by atoms with Crippen molar-refractivity contribution in [2.75, 3.05) is 25.0 Å². The normalized spacial score (nSPS) is 15.1. The monoisotopic (exact) mass is 304 g/mol. The van der Waals surface area contributed by atoms with Gasteiger partial charge in [0.05, 0.1) is 5.39 Å². The molecule has 0 spiro atoms. The van der Waals surface area contributed by atoms with Crippen LogP contribution in [0.5, 0.6) is 0 Å². The Morgan fingerprint density at radius 2 is 2.24 bits per heavy atom. The number of thiophene rings is 1. The Kier molecular flexibility index (Phi) is 4.05. The fourth-order valence-corrected chi connectivity index (χ4v) is 3.73. The molecule has 2 aromatic rings. The van der Waals surface area contributed by atoms with Gasteiger partial charge < -0.3 is 10.2 Å². The molecule has 1 fully saturated rings. The van der Waals surface area contributed by atoms with E-state index < -0.39 is 0 Å². The highest BCUT2D eigenvalue weighted by Gasteiger charge is 2.19. The standard InChI is InChI=1S/C15H20N4OS/c1-10-11(2)21-15-13(10)14(17-9-18-15)16-6-4-8-19-7-3-5-12(19)20/h9H,3-8H2,1-2H3,(H,16,17,18). The molecule has 0 aliphatic carbocycles. The fraction of sp³-hybridized carbons (Fsp3) is 0.533. The van der Waals surface area contributed by atoms with E-state index in [0.29, 0.717) is 12.3 Å². The van der Waals surface area contributed by atoms with Gasteiger partial charge >= 0.3 is 0 Å². The number of nitrogens with zero attached hydrogens (tertiary/aromatic N) is 3. The largest absolute Gasteiger partial charge is 0.369 e. The molecular formula is C15H20N4OS. The Labute approximate surface area is 128 Å². The number of aromatic nitrogens is 2. The van der Waals surface area contributed by atoms with E-state index in [1.807, 2.05) is 4.90 Å². The van der Waals surface area contributed by atoms with Gasteiger partial charge in [0.15, 0.2) is 0 Å². The number of carbonyl (C=O) groups excluding carboxylic acids is 1. The molecule has 21 heavy (non-hydrogen) atoms. The third kappa shape index (κ3) is 2.85. The van der Waals surface area contributed by atoms with Gasteiger partial charge in [0.1, 0.15) is 17.0 Å². The summed E-state index contributed by atoms with van der Waals surface area (Å²) in [6.45, 7) is 6.81. The van der Waals surface area contributed by atoms with Crippen LogP contribution in [0.3, 0.4) is 0 Å². The second-order valence-electron chi connectivity index (χ2n) is 5.45. The minimum absolute atomic E-state index is 0.295. The maximum atomic E-state index is 11.5. The van der Waals surface area contributed by atoms with Crippen molar-refractivity contribution in [3.8, 4) is 0 Å². The summed E-state index contributed by atoms with van der Waals surface area (Å²) in [5.41, 5.74) is 1.26. The molecule has 1 saturated heterocycles. The van der Waals surface area contributed by atoms with E-state index >= 15 is 0 Å². The summed E-state index contributed by atoms with van der Waals surface area (Å²) in [5, 5.41) is 4.53. The van der Waals surface area contributed by atoms with Gasteiger partial charge in [-0.05, 0) is 32.3 Å². The molecule has 1 aliphatic heterocycles. The average Bonchev–Trinajstić information content (AvgIpc) is 3.00. The van der Waals surface area contributed by atoms with Crippen LogP contribution in [-0.2, 0) is 4.79 Å². The van der Waals surface area contributed by atoms with Crippen LogP contribution in [0.2, 0.25) is 0 Å². The second-order valence-corrected chi connectivity index (χ2v) is 6.65. The lowest BCUT2D eigenvalue weighted by atomic mass is 10.2. The van der Waals surface area contributed by atoms with Crippen LogP contribution < -0.4 is 5.32 Å². The van der Waals surface area contributed by atoms with Gasteiger partial charge in [0.2, 0.25) is 5.91 Å². The lowest BCUT2D eigenvalue weighted by Crippen LogP contribution is -2.27. The molecule has 0 unspecified atom stereocenters. The topological polar surface area (TPSA) is 58.1 Å². The second kappa shape index (κ2) is 5.97. The molecule has 0 saturated carbocycles. The Morgan fingerprint density at radius 1 is 1.38 bits per heavy atom. The molecule has 1 N–H and O–H groups in total. The molecule has 0 atom stereocenters. The Bertz CT molecular complexity index is 667. The first kappa shape index (κ1) is 14.3. The summed E-state index contributed by atoms with van der Waals surface area (Å²) in [5.74, 6) is 1.21. The third-order valence-corrected chi connectivity index (χ3v) is 5.15. The molecule has 0 radical (unpaired) electrons. The molecule has 0 bridgehead atoms. The molecule has 0 aromatic carbocycles. The van der Waals surface area contributed by atoms with E-state index in [1.54, 1.807) is 17.7 Å². The maximum absolute atomic E-state index is 11.5. The number of likely N-dealkylation sites (tertiary alicyclic amines) is 1. The summed E-state index contributed by atoms with van der Waals surface area (Å²) in [6, 6.07) is 0. The predicted octanol–water partition coefficient (Wildman–Crippen LogP) is 2.73. The first-order valence-electron chi connectivity index (χ1n) is 7.39. The lowest BCUT2D eigenvalue weighted by molar-refractivity contribution is -0.127. The summed E-state index contributed by atoms with van der Waals surface area (Å²) in [4.78, 5) is 24.5. The van der Waals surface area contributed by atoms with Crippen molar-refractivity contribution in [1.29, 1.82) is 0 Å². The van der Waals surface area contributed by atoms with E-state index in [4.69, 9.17) is 0 Å². The van der Waals surface area contributed by atoms with Crippen LogP contribution in [0.25, 0.3) is 10.2 Å². The number of fused-ring (bicyclic) bond motifs is 1. The highest BCUT2D eigenvalue weighted by Crippen LogP contribution is 2.32. The van der Waals surface area contributed by atoms with Crippen molar-refractivity contribution in [3.05, 3.63) is 16.8 Å². The molecule has 1 aliphatic rings. The zero-order valence-electron chi connectivity index (χ0n) is 12.5. The minimum atomic E-state index is 0.295. The number of hydrogen-bond acceptors (Lipinski definition) is 5. The number of amides is 1. The zero-order chi connectivity index (χ0) is 14.8. The van der Waals surface area contributed by atoms with Gasteiger partial charge in [-0.25, -0.2) is 9.97 Å². The quantitative estimate of drug-likeness (QED) is 0.863. The van der Waals surface area contributed by atoms with Crippen molar-refractivity contribution in [1.82, 2.24) is 14.9 Å². The third-order valence-electron chi connectivity index (χ3n) is 4.03. The highest BCUT2D eigenvalue weighted by molar-refractivity contribution is 7.18. The highest BCUT2D eigenvalue weighted by atomic mass is 32.1. The van der Waals surface area contributed by atoms with E-state index in [0.717, 1.165) is 48.5 Å². The lowest BCUT2D eigenvalue weighted by Gasteiger charge is -2.15. The molecule has 5 nitrogen and oxygen atoms in total. The number of aryl methyl sites for hydroxylation is 2. The smallest absolute Gasteiger partial charge is 0.222 e. The molecular weight excluding hydrogens is 284 g/mol. The average molecular weight is 304 g/mol. The van der Waals surface area contributed by atoms with Crippen LogP contribution in [0.15, 0.2) is 6.33 Å². The van der Waals surface area contributed by atoms with Crippen LogP contribution in [-0.4, -0.2) is 40.4 Å². The number of carbonyl (C=O) groups is 1. The molecule has 3 rings (SSSR count). The molecule has 3 heterocycles. The number of anilines is 1. The van der Waals surface area contributed by atoms with Crippen molar-refractivity contribution in [3.63, 3.8) is 0 Å². The van der Waals surface area contributed by atoms with E-state index in [9.17, 15) is 4.79 Å². The van der Waals surface area contributed by atoms with Crippen LogP contribution in [0, 0.1) is 13.8 Å². The number of hydrogen-bond donors (Lipinski definition) is 1. The zero-order valence-corrected chi connectivity index (χ0v) is 13.3. The summed E-state index contributed by atoms with van der Waals surface area (Å²) in [6.07, 6.45) is 4.28. The Hall–Kier alpha value is -1.69. The van der Waals surface area contributed by atoms with Crippen molar-refractivity contribution < 1.29 is 4.79 Å². The van der Waals surface area contributed by atoms with Crippen LogP contribution >= 0.6 is 11.3 Å². The Balaban J connectivity index is 1.62. The molecule has 6 heteroatoms. The van der Waals surface area contributed by atoms with Gasteiger partial charge in [-0.3, -0.25) is 4.79 Å². The fourth-order valence-electron chi connectivity index (χ4n) is 2.73. The molecule has 1 amide bonds. The van der Waals surface area contributed by atoms with Gasteiger partial charge in [-0.15, -0.1) is 11.3 Å².